The zero-order valence-corrected chi connectivity index (χ0v) is 14.1. The van der Waals surface area contributed by atoms with E-state index in [1.165, 1.54) is 18.7 Å². The normalized spacial score (nSPS) is 10.1. The maximum absolute atomic E-state index is 12.0. The molecule has 0 unspecified atom stereocenters. The number of benzene rings is 1. The molecule has 0 saturated heterocycles. The van der Waals surface area contributed by atoms with E-state index in [1.54, 1.807) is 48.9 Å². The Morgan fingerprint density at radius 2 is 1.88 bits per heavy atom. The fraction of sp³-hybridized carbons (Fsp3) is 0.176. The molecule has 1 aromatic carbocycles. The number of pyridine rings is 1. The molecule has 0 radical (unpaired) electrons. The van der Waals surface area contributed by atoms with Crippen molar-refractivity contribution < 1.29 is 19.1 Å². The molecule has 1 amide bonds. The van der Waals surface area contributed by atoms with Crippen LogP contribution in [0.1, 0.15) is 27.6 Å². The van der Waals surface area contributed by atoms with E-state index in [2.05, 4.69) is 10.3 Å². The minimum Gasteiger partial charge on any atom is -0.452 e. The molecule has 7 heteroatoms. The molecular weight excluding hydrogens is 328 g/mol. The Kier molecular flexibility index (Phi) is 6.08. The molecule has 124 valence electrons. The summed E-state index contributed by atoms with van der Waals surface area (Å²) in [5, 5.41) is 3.14. The zero-order valence-electron chi connectivity index (χ0n) is 13.2. The number of carbonyl (C=O) groups excluding carboxylic acids is 3. The van der Waals surface area contributed by atoms with Crippen LogP contribution >= 0.6 is 11.8 Å². The summed E-state index contributed by atoms with van der Waals surface area (Å²) in [5.41, 5.74) is 1.40. The van der Waals surface area contributed by atoms with Crippen molar-refractivity contribution in [1.82, 2.24) is 4.98 Å². The summed E-state index contributed by atoms with van der Waals surface area (Å²) in [6.07, 6.45) is 3.39. The van der Waals surface area contributed by atoms with Gasteiger partial charge in [-0.15, -0.1) is 11.8 Å². The summed E-state index contributed by atoms with van der Waals surface area (Å²) in [6.45, 7) is 1.06. The van der Waals surface area contributed by atoms with Crippen molar-refractivity contribution >= 4 is 35.1 Å². The van der Waals surface area contributed by atoms with E-state index in [0.29, 0.717) is 21.8 Å². The average molecular weight is 344 g/mol. The number of amides is 1. The number of carbonyl (C=O) groups is 3. The first-order valence-electron chi connectivity index (χ1n) is 7.08. The molecule has 24 heavy (non-hydrogen) atoms. The van der Waals surface area contributed by atoms with Gasteiger partial charge in [0.1, 0.15) is 5.03 Å². The first-order chi connectivity index (χ1) is 11.5. The molecule has 1 aromatic heterocycles. The minimum absolute atomic E-state index is 0.0529. The van der Waals surface area contributed by atoms with Gasteiger partial charge in [0, 0.05) is 17.4 Å². The van der Waals surface area contributed by atoms with Crippen LogP contribution in [0.4, 0.5) is 5.69 Å². The molecule has 2 rings (SSSR count). The molecule has 1 N–H and O–H groups in total. The Morgan fingerprint density at radius 1 is 1.17 bits per heavy atom. The maximum atomic E-state index is 12.0. The Bertz CT molecular complexity index is 759. The van der Waals surface area contributed by atoms with Crippen molar-refractivity contribution in [2.75, 3.05) is 18.2 Å². The minimum atomic E-state index is -0.602. The summed E-state index contributed by atoms with van der Waals surface area (Å²) in [5.74, 6) is -1.12. The number of hydrogen-bond acceptors (Lipinski definition) is 6. The van der Waals surface area contributed by atoms with Gasteiger partial charge in [-0.05, 0) is 49.6 Å². The third-order valence-corrected chi connectivity index (χ3v) is 3.81. The first-order valence-corrected chi connectivity index (χ1v) is 8.30. The van der Waals surface area contributed by atoms with E-state index in [9.17, 15) is 14.4 Å². The lowest BCUT2D eigenvalue weighted by Crippen LogP contribution is -2.21. The van der Waals surface area contributed by atoms with Gasteiger partial charge in [-0.3, -0.25) is 9.59 Å². The number of aromatic nitrogens is 1. The van der Waals surface area contributed by atoms with Gasteiger partial charge in [0.2, 0.25) is 0 Å². The number of esters is 1. The van der Waals surface area contributed by atoms with Crippen LogP contribution in [-0.4, -0.2) is 35.5 Å². The van der Waals surface area contributed by atoms with Crippen LogP contribution in [0.2, 0.25) is 0 Å². The molecule has 1 heterocycles. The van der Waals surface area contributed by atoms with Crippen LogP contribution in [0.5, 0.6) is 0 Å². The number of anilines is 1. The second-order valence-electron chi connectivity index (χ2n) is 4.82. The lowest BCUT2D eigenvalue weighted by Gasteiger charge is -2.08. The Hall–Kier alpha value is -2.67. The fourth-order valence-corrected chi connectivity index (χ4v) is 2.44. The predicted octanol–water partition coefficient (Wildman–Crippen LogP) is 2.80. The topological polar surface area (TPSA) is 85.4 Å². The summed E-state index contributed by atoms with van der Waals surface area (Å²) in [7, 11) is 0. The molecule has 0 spiro atoms. The third kappa shape index (κ3) is 4.66. The highest BCUT2D eigenvalue weighted by atomic mass is 32.2. The van der Waals surface area contributed by atoms with Crippen molar-refractivity contribution in [3.8, 4) is 0 Å². The number of nitrogens with one attached hydrogen (secondary N) is 1. The Balaban J connectivity index is 1.91. The van der Waals surface area contributed by atoms with E-state index in [-0.39, 0.29) is 5.78 Å². The van der Waals surface area contributed by atoms with E-state index in [4.69, 9.17) is 4.74 Å². The largest absolute Gasteiger partial charge is 0.452 e. The van der Waals surface area contributed by atoms with E-state index in [1.807, 2.05) is 0 Å². The van der Waals surface area contributed by atoms with Gasteiger partial charge in [0.25, 0.3) is 5.91 Å². The lowest BCUT2D eigenvalue weighted by atomic mass is 10.1. The van der Waals surface area contributed by atoms with Gasteiger partial charge in [-0.2, -0.15) is 0 Å². The second kappa shape index (κ2) is 8.26. The van der Waals surface area contributed by atoms with Crippen molar-refractivity contribution in [2.45, 2.75) is 11.9 Å². The van der Waals surface area contributed by atoms with E-state index in [0.717, 1.165) is 0 Å². The van der Waals surface area contributed by atoms with Crippen LogP contribution in [0, 0.1) is 0 Å². The SMILES string of the molecule is CSc1ncccc1C(=O)OCC(=O)Nc1ccc(C(C)=O)cc1. The van der Waals surface area contributed by atoms with Crippen LogP contribution < -0.4 is 5.32 Å². The highest BCUT2D eigenvalue weighted by molar-refractivity contribution is 7.98. The number of thioether (sulfide) groups is 1. The number of rotatable bonds is 6. The Labute approximate surface area is 143 Å². The summed E-state index contributed by atoms with van der Waals surface area (Å²) in [4.78, 5) is 39.1. The maximum Gasteiger partial charge on any atom is 0.341 e. The van der Waals surface area contributed by atoms with Crippen LogP contribution in [-0.2, 0) is 9.53 Å². The number of ether oxygens (including phenoxy) is 1. The molecule has 0 fully saturated rings. The van der Waals surface area contributed by atoms with Gasteiger partial charge in [0.05, 0.1) is 5.56 Å². The number of Topliss-reactive ketones (excluding diaryl/α,β-unsaturated/α-hetero) is 1. The molecule has 0 saturated carbocycles. The average Bonchev–Trinajstić information content (AvgIpc) is 2.60. The van der Waals surface area contributed by atoms with Gasteiger partial charge >= 0.3 is 5.97 Å². The zero-order chi connectivity index (χ0) is 17.5. The monoisotopic (exact) mass is 344 g/mol. The summed E-state index contributed by atoms with van der Waals surface area (Å²) >= 11 is 1.32. The van der Waals surface area contributed by atoms with Crippen molar-refractivity contribution in [3.63, 3.8) is 0 Å². The summed E-state index contributed by atoms with van der Waals surface area (Å²) < 4.78 is 5.01. The number of nitrogens with zero attached hydrogens (tertiary/aromatic N) is 1. The lowest BCUT2D eigenvalue weighted by molar-refractivity contribution is -0.119. The predicted molar refractivity (Wildman–Crippen MR) is 91.4 cm³/mol. The van der Waals surface area contributed by atoms with Gasteiger partial charge < -0.3 is 10.1 Å². The van der Waals surface area contributed by atoms with Gasteiger partial charge in [0.15, 0.2) is 12.4 Å². The highest BCUT2D eigenvalue weighted by Gasteiger charge is 2.14. The van der Waals surface area contributed by atoms with Gasteiger partial charge in [-0.1, -0.05) is 0 Å². The van der Waals surface area contributed by atoms with Crippen LogP contribution in [0.3, 0.4) is 0 Å². The number of hydrogen-bond donors (Lipinski definition) is 1. The number of ketones is 1. The molecular formula is C17H16N2O4S. The van der Waals surface area contributed by atoms with E-state index >= 15 is 0 Å². The molecule has 0 bridgehead atoms. The Morgan fingerprint density at radius 3 is 2.50 bits per heavy atom. The standard InChI is InChI=1S/C17H16N2O4S/c1-11(20)12-5-7-13(8-6-12)19-15(21)10-23-17(22)14-4-3-9-18-16(14)24-2/h3-9H,10H2,1-2H3,(H,19,21). The van der Waals surface area contributed by atoms with Crippen molar-refractivity contribution in [3.05, 3.63) is 53.7 Å². The molecule has 2 aromatic rings. The van der Waals surface area contributed by atoms with Crippen molar-refractivity contribution in [2.24, 2.45) is 0 Å². The van der Waals surface area contributed by atoms with Crippen LogP contribution in [0.15, 0.2) is 47.6 Å². The fourth-order valence-electron chi connectivity index (χ4n) is 1.90. The smallest absolute Gasteiger partial charge is 0.341 e. The molecule has 6 nitrogen and oxygen atoms in total. The van der Waals surface area contributed by atoms with Crippen molar-refractivity contribution in [1.29, 1.82) is 0 Å². The molecule has 0 atom stereocenters. The molecule has 0 aliphatic heterocycles. The summed E-state index contributed by atoms with van der Waals surface area (Å²) in [6, 6.07) is 9.69. The third-order valence-electron chi connectivity index (χ3n) is 3.09. The van der Waals surface area contributed by atoms with Crippen LogP contribution in [0.25, 0.3) is 0 Å². The highest BCUT2D eigenvalue weighted by Crippen LogP contribution is 2.17. The molecule has 0 aliphatic carbocycles. The second-order valence-corrected chi connectivity index (χ2v) is 5.61. The van der Waals surface area contributed by atoms with E-state index < -0.39 is 18.5 Å². The molecule has 0 aliphatic rings. The van der Waals surface area contributed by atoms with Gasteiger partial charge in [-0.25, -0.2) is 9.78 Å². The quantitative estimate of drug-likeness (QED) is 0.493. The first kappa shape index (κ1) is 17.7.